The van der Waals surface area contributed by atoms with E-state index in [2.05, 4.69) is 0 Å². The maximum absolute atomic E-state index is 11.5. The van der Waals surface area contributed by atoms with Crippen LogP contribution in [0, 0.1) is 5.92 Å². The van der Waals surface area contributed by atoms with E-state index >= 15 is 0 Å². The third-order valence-corrected chi connectivity index (χ3v) is 1.08. The molecule has 0 rings (SSSR count). The van der Waals surface area contributed by atoms with Crippen molar-refractivity contribution in [1.29, 1.82) is 0 Å². The summed E-state index contributed by atoms with van der Waals surface area (Å²) < 4.78 is 11.5. The first-order valence-corrected chi connectivity index (χ1v) is 2.45. The standard InChI is InChI=1S/C6H11F/c1-5(2)6(3)4-7/h4-5H,1-3H3/b6-4+. The van der Waals surface area contributed by atoms with Gasteiger partial charge in [0.15, 0.2) is 0 Å². The molecule has 0 aromatic heterocycles. The van der Waals surface area contributed by atoms with Gasteiger partial charge in [0.1, 0.15) is 0 Å². The average molecular weight is 102 g/mol. The summed E-state index contributed by atoms with van der Waals surface area (Å²) in [5, 5.41) is 0. The Kier molecular flexibility index (Phi) is 2.65. The predicted molar refractivity (Wildman–Crippen MR) is 29.7 cm³/mol. The van der Waals surface area contributed by atoms with Gasteiger partial charge >= 0.3 is 0 Å². The summed E-state index contributed by atoms with van der Waals surface area (Å²) in [6.45, 7) is 5.71. The Hall–Kier alpha value is -0.330. The second-order valence-electron chi connectivity index (χ2n) is 2.01. The summed E-state index contributed by atoms with van der Waals surface area (Å²) in [7, 11) is 0. The highest BCUT2D eigenvalue weighted by atomic mass is 19.1. The van der Waals surface area contributed by atoms with Gasteiger partial charge in [-0.15, -0.1) is 0 Å². The van der Waals surface area contributed by atoms with Crippen LogP contribution in [0.4, 0.5) is 4.39 Å². The lowest BCUT2D eigenvalue weighted by Crippen LogP contribution is -1.85. The van der Waals surface area contributed by atoms with Crippen LogP contribution in [-0.2, 0) is 0 Å². The van der Waals surface area contributed by atoms with E-state index in [1.165, 1.54) is 0 Å². The van der Waals surface area contributed by atoms with E-state index in [1.807, 2.05) is 13.8 Å². The fourth-order valence-corrected chi connectivity index (χ4v) is 0.126. The second-order valence-corrected chi connectivity index (χ2v) is 2.01. The lowest BCUT2D eigenvalue weighted by molar-refractivity contribution is 0.665. The van der Waals surface area contributed by atoms with E-state index in [0.29, 0.717) is 12.2 Å². The second kappa shape index (κ2) is 2.78. The smallest absolute Gasteiger partial charge is 0.0858 e. The van der Waals surface area contributed by atoms with E-state index in [9.17, 15) is 4.39 Å². The summed E-state index contributed by atoms with van der Waals surface area (Å²) in [4.78, 5) is 0. The van der Waals surface area contributed by atoms with Crippen molar-refractivity contribution in [2.24, 2.45) is 5.92 Å². The van der Waals surface area contributed by atoms with Gasteiger partial charge in [-0.3, -0.25) is 0 Å². The van der Waals surface area contributed by atoms with Gasteiger partial charge in [0.2, 0.25) is 0 Å². The van der Waals surface area contributed by atoms with Gasteiger partial charge in [0, 0.05) is 0 Å². The Morgan fingerprint density at radius 2 is 2.00 bits per heavy atom. The van der Waals surface area contributed by atoms with Crippen LogP contribution in [0.2, 0.25) is 0 Å². The molecule has 42 valence electrons. The van der Waals surface area contributed by atoms with Crippen LogP contribution < -0.4 is 0 Å². The zero-order valence-electron chi connectivity index (χ0n) is 5.03. The molecule has 0 N–H and O–H groups in total. The van der Waals surface area contributed by atoms with Crippen LogP contribution in [0.15, 0.2) is 11.9 Å². The van der Waals surface area contributed by atoms with Crippen LogP contribution in [-0.4, -0.2) is 0 Å². The molecule has 0 heterocycles. The first-order chi connectivity index (χ1) is 3.18. The van der Waals surface area contributed by atoms with Crippen molar-refractivity contribution < 1.29 is 4.39 Å². The van der Waals surface area contributed by atoms with E-state index in [-0.39, 0.29) is 0 Å². The number of allylic oxidation sites excluding steroid dienone is 1. The first-order valence-electron chi connectivity index (χ1n) is 2.45. The van der Waals surface area contributed by atoms with Gasteiger partial charge in [0.05, 0.1) is 6.33 Å². The summed E-state index contributed by atoms with van der Waals surface area (Å²) in [6, 6.07) is 0. The van der Waals surface area contributed by atoms with Gasteiger partial charge in [0.25, 0.3) is 0 Å². The molecule has 0 radical (unpaired) electrons. The minimum Gasteiger partial charge on any atom is -0.216 e. The fourth-order valence-electron chi connectivity index (χ4n) is 0.126. The molecule has 0 saturated carbocycles. The molecular weight excluding hydrogens is 91.1 g/mol. The minimum atomic E-state index is 0.352. The Labute approximate surface area is 44.0 Å². The Morgan fingerprint density at radius 1 is 1.57 bits per heavy atom. The van der Waals surface area contributed by atoms with Crippen molar-refractivity contribution in [3.05, 3.63) is 11.9 Å². The molecule has 0 aliphatic carbocycles. The molecule has 0 saturated heterocycles. The lowest BCUT2D eigenvalue weighted by Gasteiger charge is -1.98. The van der Waals surface area contributed by atoms with Crippen molar-refractivity contribution in [2.75, 3.05) is 0 Å². The van der Waals surface area contributed by atoms with Crippen LogP contribution in [0.25, 0.3) is 0 Å². The Bertz CT molecular complexity index is 72.2. The zero-order chi connectivity index (χ0) is 5.86. The molecule has 0 atom stereocenters. The minimum absolute atomic E-state index is 0.352. The van der Waals surface area contributed by atoms with Crippen LogP contribution >= 0.6 is 0 Å². The van der Waals surface area contributed by atoms with Crippen LogP contribution in [0.5, 0.6) is 0 Å². The highest BCUT2D eigenvalue weighted by molar-refractivity contribution is 4.94. The van der Waals surface area contributed by atoms with E-state index in [4.69, 9.17) is 0 Å². The summed E-state index contributed by atoms with van der Waals surface area (Å²) >= 11 is 0. The van der Waals surface area contributed by atoms with Gasteiger partial charge < -0.3 is 0 Å². The molecule has 0 amide bonds. The first kappa shape index (κ1) is 6.67. The largest absolute Gasteiger partial charge is 0.216 e. The van der Waals surface area contributed by atoms with Gasteiger partial charge in [-0.25, -0.2) is 4.39 Å². The summed E-state index contributed by atoms with van der Waals surface area (Å²) in [5.74, 6) is 0.352. The summed E-state index contributed by atoms with van der Waals surface area (Å²) in [5.41, 5.74) is 0.806. The molecule has 0 aliphatic heterocycles. The molecule has 0 fully saturated rings. The predicted octanol–water partition coefficient (Wildman–Crippen LogP) is 2.52. The molecule has 7 heavy (non-hydrogen) atoms. The molecule has 0 aromatic rings. The van der Waals surface area contributed by atoms with Crippen molar-refractivity contribution in [2.45, 2.75) is 20.8 Å². The SMILES string of the molecule is C/C(=C\F)C(C)C. The molecule has 1 heteroatoms. The van der Waals surface area contributed by atoms with Crippen molar-refractivity contribution in [3.63, 3.8) is 0 Å². The van der Waals surface area contributed by atoms with Gasteiger partial charge in [-0.1, -0.05) is 13.8 Å². The monoisotopic (exact) mass is 102 g/mol. The van der Waals surface area contributed by atoms with E-state index < -0.39 is 0 Å². The van der Waals surface area contributed by atoms with Crippen molar-refractivity contribution in [1.82, 2.24) is 0 Å². The topological polar surface area (TPSA) is 0 Å². The molecule has 0 aromatic carbocycles. The van der Waals surface area contributed by atoms with Crippen molar-refractivity contribution >= 4 is 0 Å². The molecule has 0 nitrogen and oxygen atoms in total. The highest BCUT2D eigenvalue weighted by Gasteiger charge is 1.92. The maximum Gasteiger partial charge on any atom is 0.0858 e. The number of rotatable bonds is 1. The molecular formula is C6H11F. The van der Waals surface area contributed by atoms with Gasteiger partial charge in [-0.05, 0) is 18.4 Å². The highest BCUT2D eigenvalue weighted by Crippen LogP contribution is 2.06. The Morgan fingerprint density at radius 3 is 2.00 bits per heavy atom. The van der Waals surface area contributed by atoms with E-state index in [0.717, 1.165) is 5.57 Å². The number of hydrogen-bond acceptors (Lipinski definition) is 0. The molecule has 0 unspecified atom stereocenters. The fraction of sp³-hybridized carbons (Fsp3) is 0.667. The number of halogens is 1. The zero-order valence-corrected chi connectivity index (χ0v) is 5.03. The average Bonchev–Trinajstić information content (AvgIpc) is 1.65. The third-order valence-electron chi connectivity index (χ3n) is 1.08. The quantitative estimate of drug-likeness (QED) is 0.477. The molecule has 0 spiro atoms. The normalized spacial score (nSPS) is 13.0. The van der Waals surface area contributed by atoms with Gasteiger partial charge in [-0.2, -0.15) is 0 Å². The van der Waals surface area contributed by atoms with Crippen LogP contribution in [0.3, 0.4) is 0 Å². The number of hydrogen-bond donors (Lipinski definition) is 0. The van der Waals surface area contributed by atoms with Crippen LogP contribution in [0.1, 0.15) is 20.8 Å². The lowest BCUT2D eigenvalue weighted by atomic mass is 10.1. The molecule has 0 bridgehead atoms. The molecule has 0 aliphatic rings. The summed E-state index contributed by atoms with van der Waals surface area (Å²) in [6.07, 6.45) is 0.657. The maximum atomic E-state index is 11.5. The van der Waals surface area contributed by atoms with Crippen molar-refractivity contribution in [3.8, 4) is 0 Å². The Balaban J connectivity index is 3.56. The third kappa shape index (κ3) is 2.38. The van der Waals surface area contributed by atoms with E-state index in [1.54, 1.807) is 6.92 Å².